The number of ether oxygens (including phenoxy) is 1. The van der Waals surface area contributed by atoms with Gasteiger partial charge in [-0.1, -0.05) is 0 Å². The number of hydrogen-bond acceptors (Lipinski definition) is 4. The Bertz CT molecular complexity index is 154. The van der Waals surface area contributed by atoms with Gasteiger partial charge in [-0.25, -0.2) is 0 Å². The summed E-state index contributed by atoms with van der Waals surface area (Å²) in [7, 11) is 0. The number of carbonyl (C=O) groups is 2. The normalized spacial score (nSPS) is 27.9. The predicted octanol–water partition coefficient (Wildman–Crippen LogP) is 0.191. The van der Waals surface area contributed by atoms with E-state index in [0.29, 0.717) is 5.75 Å². The maximum atomic E-state index is 10.5. The Hall–Kier alpha value is -0.510. The Morgan fingerprint density at radius 1 is 1.67 bits per heavy atom. The average Bonchev–Trinajstić information content (AvgIpc) is 1.80. The second kappa shape index (κ2) is 2.39. The molecule has 1 fully saturated rings. The van der Waals surface area contributed by atoms with Gasteiger partial charge in [0.1, 0.15) is 5.25 Å². The molecule has 3 nitrogen and oxygen atoms in total. The zero-order valence-corrected chi connectivity index (χ0v) is 5.73. The lowest BCUT2D eigenvalue weighted by atomic mass is 10.5. The van der Waals surface area contributed by atoms with Crippen molar-refractivity contribution in [2.45, 2.75) is 12.2 Å². The Balaban J connectivity index is 2.54. The fourth-order valence-corrected chi connectivity index (χ4v) is 1.11. The van der Waals surface area contributed by atoms with Gasteiger partial charge in [0, 0.05) is 0 Å². The molecule has 1 unspecified atom stereocenters. The first-order valence-corrected chi connectivity index (χ1v) is 3.61. The van der Waals surface area contributed by atoms with Gasteiger partial charge in [-0.3, -0.25) is 9.59 Å². The van der Waals surface area contributed by atoms with Crippen molar-refractivity contribution in [1.82, 2.24) is 0 Å². The van der Waals surface area contributed by atoms with Crippen molar-refractivity contribution in [3.05, 3.63) is 0 Å². The number of rotatable bonds is 0. The van der Waals surface area contributed by atoms with Gasteiger partial charge in [0.15, 0.2) is 0 Å². The van der Waals surface area contributed by atoms with Crippen LogP contribution in [0.3, 0.4) is 0 Å². The summed E-state index contributed by atoms with van der Waals surface area (Å²) in [6.45, 7) is 1.72. The maximum absolute atomic E-state index is 10.5. The predicted molar refractivity (Wildman–Crippen MR) is 33.0 cm³/mol. The molecule has 0 radical (unpaired) electrons. The van der Waals surface area contributed by atoms with Crippen LogP contribution in [-0.2, 0) is 14.3 Å². The molecule has 9 heavy (non-hydrogen) atoms. The SMILES string of the molecule is CC1SCC(=O)OC1=O. The highest BCUT2D eigenvalue weighted by atomic mass is 32.2. The monoisotopic (exact) mass is 146 g/mol. The maximum Gasteiger partial charge on any atom is 0.326 e. The first-order valence-electron chi connectivity index (χ1n) is 2.56. The molecule has 50 valence electrons. The van der Waals surface area contributed by atoms with Crippen LogP contribution >= 0.6 is 11.8 Å². The van der Waals surface area contributed by atoms with E-state index in [0.717, 1.165) is 0 Å². The van der Waals surface area contributed by atoms with Crippen LogP contribution in [0.25, 0.3) is 0 Å². The first-order chi connectivity index (χ1) is 4.20. The van der Waals surface area contributed by atoms with Gasteiger partial charge < -0.3 is 4.74 Å². The minimum Gasteiger partial charge on any atom is -0.392 e. The smallest absolute Gasteiger partial charge is 0.326 e. The van der Waals surface area contributed by atoms with E-state index in [1.165, 1.54) is 11.8 Å². The van der Waals surface area contributed by atoms with Gasteiger partial charge in [-0.15, -0.1) is 11.8 Å². The van der Waals surface area contributed by atoms with Crippen LogP contribution in [0.4, 0.5) is 0 Å². The molecular formula is C5H6O3S. The van der Waals surface area contributed by atoms with Gasteiger partial charge in [-0.2, -0.15) is 0 Å². The summed E-state index contributed by atoms with van der Waals surface area (Å²) in [5.41, 5.74) is 0. The highest BCUT2D eigenvalue weighted by molar-refractivity contribution is 8.01. The van der Waals surface area contributed by atoms with Gasteiger partial charge in [0.25, 0.3) is 0 Å². The fraction of sp³-hybridized carbons (Fsp3) is 0.600. The third-order valence-corrected chi connectivity index (χ3v) is 2.09. The molecule has 0 aromatic carbocycles. The molecule has 0 aromatic heterocycles. The zero-order valence-electron chi connectivity index (χ0n) is 4.92. The van der Waals surface area contributed by atoms with Crippen LogP contribution in [0.2, 0.25) is 0 Å². The van der Waals surface area contributed by atoms with E-state index in [1.807, 2.05) is 0 Å². The number of esters is 2. The lowest BCUT2D eigenvalue weighted by Gasteiger charge is -2.13. The molecular weight excluding hydrogens is 140 g/mol. The van der Waals surface area contributed by atoms with Crippen molar-refractivity contribution in [3.63, 3.8) is 0 Å². The number of thioether (sulfide) groups is 1. The third-order valence-electron chi connectivity index (χ3n) is 0.998. The fourth-order valence-electron chi connectivity index (χ4n) is 0.486. The Kier molecular flexibility index (Phi) is 1.75. The second-order valence-electron chi connectivity index (χ2n) is 1.75. The van der Waals surface area contributed by atoms with Gasteiger partial charge in [0.2, 0.25) is 0 Å². The minimum atomic E-state index is -0.428. The van der Waals surface area contributed by atoms with Crippen LogP contribution in [0.5, 0.6) is 0 Å². The van der Waals surface area contributed by atoms with Crippen molar-refractivity contribution in [2.75, 3.05) is 5.75 Å². The van der Waals surface area contributed by atoms with E-state index in [1.54, 1.807) is 6.92 Å². The van der Waals surface area contributed by atoms with E-state index < -0.39 is 11.9 Å². The molecule has 0 bridgehead atoms. The quantitative estimate of drug-likeness (QED) is 0.361. The largest absolute Gasteiger partial charge is 0.392 e. The molecule has 0 N–H and O–H groups in total. The van der Waals surface area contributed by atoms with Crippen LogP contribution in [0, 0.1) is 0 Å². The van der Waals surface area contributed by atoms with E-state index in [2.05, 4.69) is 4.74 Å². The molecule has 1 heterocycles. The molecule has 0 aromatic rings. The van der Waals surface area contributed by atoms with Crippen molar-refractivity contribution in [2.24, 2.45) is 0 Å². The molecule has 1 saturated heterocycles. The average molecular weight is 146 g/mol. The number of carbonyl (C=O) groups excluding carboxylic acids is 2. The lowest BCUT2D eigenvalue weighted by molar-refractivity contribution is -0.157. The van der Waals surface area contributed by atoms with Crippen LogP contribution < -0.4 is 0 Å². The molecule has 0 spiro atoms. The van der Waals surface area contributed by atoms with Crippen LogP contribution in [0.1, 0.15) is 6.92 Å². The summed E-state index contributed by atoms with van der Waals surface area (Å²) in [6.07, 6.45) is 0. The first kappa shape index (κ1) is 6.61. The summed E-state index contributed by atoms with van der Waals surface area (Å²) < 4.78 is 4.30. The highest BCUT2D eigenvalue weighted by Gasteiger charge is 2.25. The Morgan fingerprint density at radius 3 is 2.78 bits per heavy atom. The number of hydrogen-bond donors (Lipinski definition) is 0. The Labute approximate surface area is 56.8 Å². The van der Waals surface area contributed by atoms with E-state index in [-0.39, 0.29) is 5.25 Å². The summed E-state index contributed by atoms with van der Waals surface area (Å²) in [5, 5.41) is -0.178. The van der Waals surface area contributed by atoms with Gasteiger partial charge in [-0.05, 0) is 6.92 Å². The van der Waals surface area contributed by atoms with Crippen molar-refractivity contribution >= 4 is 23.7 Å². The molecule has 0 amide bonds. The van der Waals surface area contributed by atoms with Gasteiger partial charge in [0.05, 0.1) is 5.75 Å². The highest BCUT2D eigenvalue weighted by Crippen LogP contribution is 2.16. The molecule has 1 atom stereocenters. The standard InChI is InChI=1S/C5H6O3S/c1-3-5(7)8-4(6)2-9-3/h3H,2H2,1H3. The van der Waals surface area contributed by atoms with E-state index in [4.69, 9.17) is 0 Å². The van der Waals surface area contributed by atoms with Crippen molar-refractivity contribution in [3.8, 4) is 0 Å². The van der Waals surface area contributed by atoms with E-state index >= 15 is 0 Å². The Morgan fingerprint density at radius 2 is 2.33 bits per heavy atom. The lowest BCUT2D eigenvalue weighted by Crippen LogP contribution is -2.28. The molecule has 0 aliphatic carbocycles. The number of cyclic esters (lactones) is 2. The molecule has 0 saturated carbocycles. The molecule has 1 aliphatic heterocycles. The second-order valence-corrected chi connectivity index (χ2v) is 3.08. The summed E-state index contributed by atoms with van der Waals surface area (Å²) in [6, 6.07) is 0. The molecule has 4 heteroatoms. The van der Waals surface area contributed by atoms with Crippen molar-refractivity contribution < 1.29 is 14.3 Å². The van der Waals surface area contributed by atoms with Crippen molar-refractivity contribution in [1.29, 1.82) is 0 Å². The zero-order chi connectivity index (χ0) is 6.85. The molecule has 1 rings (SSSR count). The van der Waals surface area contributed by atoms with Gasteiger partial charge >= 0.3 is 11.9 Å². The minimum absolute atomic E-state index is 0.178. The molecule has 1 aliphatic rings. The van der Waals surface area contributed by atoms with Crippen LogP contribution in [-0.4, -0.2) is 22.9 Å². The third kappa shape index (κ3) is 1.45. The summed E-state index contributed by atoms with van der Waals surface area (Å²) in [5.74, 6) is -0.549. The van der Waals surface area contributed by atoms with E-state index in [9.17, 15) is 9.59 Å². The summed E-state index contributed by atoms with van der Waals surface area (Å²) in [4.78, 5) is 20.9. The topological polar surface area (TPSA) is 43.4 Å². The summed E-state index contributed by atoms with van der Waals surface area (Å²) >= 11 is 1.31. The van der Waals surface area contributed by atoms with Crippen LogP contribution in [0.15, 0.2) is 0 Å².